The Kier molecular flexibility index (Phi) is 4.41. The molecule has 0 aliphatic carbocycles. The first-order valence-corrected chi connectivity index (χ1v) is 8.23. The average Bonchev–Trinajstić information content (AvgIpc) is 3.05. The molecule has 2 aromatic carbocycles. The molecule has 1 aliphatic heterocycles. The second-order valence-corrected chi connectivity index (χ2v) is 6.95. The van der Waals surface area contributed by atoms with Crippen LogP contribution in [-0.2, 0) is 0 Å². The van der Waals surface area contributed by atoms with Crippen molar-refractivity contribution in [2.75, 3.05) is 13.1 Å². The zero-order chi connectivity index (χ0) is 17.3. The van der Waals surface area contributed by atoms with E-state index in [0.29, 0.717) is 29.8 Å². The van der Waals surface area contributed by atoms with Crippen LogP contribution in [0.3, 0.4) is 0 Å². The van der Waals surface area contributed by atoms with Crippen molar-refractivity contribution in [2.45, 2.75) is 25.9 Å². The zero-order valence-corrected chi connectivity index (χ0v) is 14.0. The minimum atomic E-state index is -0.788. The Bertz CT molecular complexity index is 751. The van der Waals surface area contributed by atoms with Crippen molar-refractivity contribution >= 4 is 5.91 Å². The molecule has 1 aliphatic rings. The molecule has 0 bridgehead atoms. The van der Waals surface area contributed by atoms with Gasteiger partial charge in [-0.15, -0.1) is 0 Å². The number of amides is 1. The fourth-order valence-corrected chi connectivity index (χ4v) is 3.22. The lowest BCUT2D eigenvalue weighted by Gasteiger charge is -2.25. The van der Waals surface area contributed by atoms with Gasteiger partial charge in [0.1, 0.15) is 5.82 Å². The van der Waals surface area contributed by atoms with Crippen molar-refractivity contribution in [3.8, 4) is 11.1 Å². The number of hydrogen-bond acceptors (Lipinski definition) is 2. The molecule has 0 unspecified atom stereocenters. The van der Waals surface area contributed by atoms with Crippen LogP contribution in [0.1, 0.15) is 30.6 Å². The van der Waals surface area contributed by atoms with Crippen molar-refractivity contribution in [1.82, 2.24) is 4.90 Å². The van der Waals surface area contributed by atoms with Gasteiger partial charge in [0.05, 0.1) is 5.60 Å². The fraction of sp³-hybridized carbons (Fsp3) is 0.350. The van der Waals surface area contributed by atoms with Crippen molar-refractivity contribution in [3.63, 3.8) is 0 Å². The molecule has 1 atom stereocenters. The summed E-state index contributed by atoms with van der Waals surface area (Å²) in [7, 11) is 0. The Balaban J connectivity index is 1.82. The lowest BCUT2D eigenvalue weighted by Crippen LogP contribution is -2.35. The molecule has 0 aromatic heterocycles. The highest BCUT2D eigenvalue weighted by molar-refractivity contribution is 5.95. The van der Waals surface area contributed by atoms with Gasteiger partial charge in [-0.3, -0.25) is 4.79 Å². The van der Waals surface area contributed by atoms with E-state index in [0.717, 1.165) is 6.42 Å². The summed E-state index contributed by atoms with van der Waals surface area (Å²) < 4.78 is 14.0. The van der Waals surface area contributed by atoms with Gasteiger partial charge in [0.2, 0.25) is 0 Å². The number of halogens is 1. The van der Waals surface area contributed by atoms with Gasteiger partial charge in [-0.05, 0) is 44.0 Å². The minimum absolute atomic E-state index is 0.0695. The lowest BCUT2D eigenvalue weighted by atomic mass is 9.90. The summed E-state index contributed by atoms with van der Waals surface area (Å²) in [6.07, 6.45) is 0.794. The Hall–Kier alpha value is -2.20. The first kappa shape index (κ1) is 16.7. The Morgan fingerprint density at radius 1 is 1.21 bits per heavy atom. The highest BCUT2D eigenvalue weighted by Gasteiger charge is 2.35. The van der Waals surface area contributed by atoms with Crippen LogP contribution >= 0.6 is 0 Å². The van der Waals surface area contributed by atoms with E-state index in [1.54, 1.807) is 61.2 Å². The maximum absolute atomic E-state index is 14.0. The molecular formula is C20H22FNO2. The summed E-state index contributed by atoms with van der Waals surface area (Å²) in [6, 6.07) is 13.6. The third-order valence-electron chi connectivity index (χ3n) is 4.77. The Labute approximate surface area is 141 Å². The van der Waals surface area contributed by atoms with Gasteiger partial charge in [0.15, 0.2) is 0 Å². The average molecular weight is 327 g/mol. The molecule has 0 saturated carbocycles. The predicted molar refractivity (Wildman–Crippen MR) is 92.1 cm³/mol. The number of carbonyl (C=O) groups is 1. The SMILES string of the molecule is CC(C)(O)[C@@H]1CCN(C(=O)c2cccc(-c3ccccc3F)c2)C1. The molecule has 1 saturated heterocycles. The van der Waals surface area contributed by atoms with Gasteiger partial charge in [-0.25, -0.2) is 4.39 Å². The Morgan fingerprint density at radius 3 is 2.62 bits per heavy atom. The maximum atomic E-state index is 14.0. The molecule has 126 valence electrons. The van der Waals surface area contributed by atoms with Crippen molar-refractivity contribution in [2.24, 2.45) is 5.92 Å². The number of likely N-dealkylation sites (tertiary alicyclic amines) is 1. The first-order valence-electron chi connectivity index (χ1n) is 8.23. The van der Waals surface area contributed by atoms with E-state index in [1.165, 1.54) is 6.07 Å². The van der Waals surface area contributed by atoms with Crippen LogP contribution in [0.4, 0.5) is 4.39 Å². The van der Waals surface area contributed by atoms with Crippen LogP contribution in [0, 0.1) is 11.7 Å². The maximum Gasteiger partial charge on any atom is 0.253 e. The van der Waals surface area contributed by atoms with E-state index >= 15 is 0 Å². The fourth-order valence-electron chi connectivity index (χ4n) is 3.22. The highest BCUT2D eigenvalue weighted by Crippen LogP contribution is 2.29. The lowest BCUT2D eigenvalue weighted by molar-refractivity contribution is 0.0211. The summed E-state index contributed by atoms with van der Waals surface area (Å²) >= 11 is 0. The van der Waals surface area contributed by atoms with Crippen LogP contribution < -0.4 is 0 Å². The van der Waals surface area contributed by atoms with Gasteiger partial charge in [-0.1, -0.05) is 30.3 Å². The van der Waals surface area contributed by atoms with Crippen LogP contribution in [0.15, 0.2) is 48.5 Å². The largest absolute Gasteiger partial charge is 0.390 e. The van der Waals surface area contributed by atoms with Crippen molar-refractivity contribution in [3.05, 3.63) is 59.9 Å². The molecule has 0 spiro atoms. The number of nitrogens with zero attached hydrogens (tertiary/aromatic N) is 1. The molecular weight excluding hydrogens is 305 g/mol. The number of rotatable bonds is 3. The van der Waals surface area contributed by atoms with Crippen LogP contribution in [0.5, 0.6) is 0 Å². The van der Waals surface area contributed by atoms with Gasteiger partial charge in [-0.2, -0.15) is 0 Å². The minimum Gasteiger partial charge on any atom is -0.390 e. The smallest absolute Gasteiger partial charge is 0.253 e. The molecule has 24 heavy (non-hydrogen) atoms. The molecule has 2 aromatic rings. The molecule has 1 amide bonds. The second-order valence-electron chi connectivity index (χ2n) is 6.95. The van der Waals surface area contributed by atoms with Crippen LogP contribution in [-0.4, -0.2) is 34.6 Å². The first-order chi connectivity index (χ1) is 11.4. The van der Waals surface area contributed by atoms with Gasteiger partial charge in [0, 0.05) is 30.1 Å². The summed E-state index contributed by atoms with van der Waals surface area (Å²) in [5.74, 6) is -0.290. The molecule has 1 heterocycles. The van der Waals surface area contributed by atoms with Crippen LogP contribution in [0.2, 0.25) is 0 Å². The van der Waals surface area contributed by atoms with Gasteiger partial charge in [0.25, 0.3) is 5.91 Å². The third kappa shape index (κ3) is 3.34. The summed E-state index contributed by atoms with van der Waals surface area (Å²) in [5, 5.41) is 10.1. The summed E-state index contributed by atoms with van der Waals surface area (Å²) in [4.78, 5) is 14.5. The van der Waals surface area contributed by atoms with E-state index in [2.05, 4.69) is 0 Å². The van der Waals surface area contributed by atoms with Crippen molar-refractivity contribution in [1.29, 1.82) is 0 Å². The third-order valence-corrected chi connectivity index (χ3v) is 4.77. The number of aliphatic hydroxyl groups is 1. The van der Waals surface area contributed by atoms with E-state index in [4.69, 9.17) is 0 Å². The molecule has 1 fully saturated rings. The predicted octanol–water partition coefficient (Wildman–Crippen LogP) is 3.73. The summed E-state index contributed by atoms with van der Waals surface area (Å²) in [6.45, 7) is 4.75. The van der Waals surface area contributed by atoms with Gasteiger partial charge >= 0.3 is 0 Å². The molecule has 4 heteroatoms. The summed E-state index contributed by atoms with van der Waals surface area (Å²) in [5.41, 5.74) is 0.941. The van der Waals surface area contributed by atoms with E-state index in [9.17, 15) is 14.3 Å². The molecule has 1 N–H and O–H groups in total. The molecule has 0 radical (unpaired) electrons. The standard InChI is InChI=1S/C20H22FNO2/c1-20(2,24)16-10-11-22(13-16)19(23)15-7-5-6-14(12-15)17-8-3-4-9-18(17)21/h3-9,12,16,24H,10-11,13H2,1-2H3/t16-/m1/s1. The number of hydrogen-bond donors (Lipinski definition) is 1. The van der Waals surface area contributed by atoms with Crippen molar-refractivity contribution < 1.29 is 14.3 Å². The quantitative estimate of drug-likeness (QED) is 0.933. The monoisotopic (exact) mass is 327 g/mol. The normalized spacial score (nSPS) is 18.0. The van der Waals surface area contributed by atoms with E-state index < -0.39 is 5.60 Å². The van der Waals surface area contributed by atoms with E-state index in [-0.39, 0.29) is 17.6 Å². The number of benzene rings is 2. The highest BCUT2D eigenvalue weighted by atomic mass is 19.1. The molecule has 3 rings (SSSR count). The second kappa shape index (κ2) is 6.36. The topological polar surface area (TPSA) is 40.5 Å². The zero-order valence-electron chi connectivity index (χ0n) is 14.0. The Morgan fingerprint density at radius 2 is 1.96 bits per heavy atom. The van der Waals surface area contributed by atoms with E-state index in [1.807, 2.05) is 0 Å². The van der Waals surface area contributed by atoms with Crippen LogP contribution in [0.25, 0.3) is 11.1 Å². The number of carbonyl (C=O) groups excluding carboxylic acids is 1. The molecule has 3 nitrogen and oxygen atoms in total. The van der Waals surface area contributed by atoms with Gasteiger partial charge < -0.3 is 10.0 Å².